The molecular formula is C11H15F3N4O. The topological polar surface area (TPSA) is 73.1 Å². The standard InChI is InChI=1S/C11H15F3N4O/c1-19-10(3-2-4-10)6-16-8-5-7(11(12,13)14)17-9(15)18-8/h5H,2-4,6H2,1H3,(H3,15,16,17,18). The van der Waals surface area contributed by atoms with Gasteiger partial charge < -0.3 is 15.8 Å². The minimum absolute atomic E-state index is 0.0585. The summed E-state index contributed by atoms with van der Waals surface area (Å²) in [7, 11) is 1.59. The number of hydrogen-bond donors (Lipinski definition) is 2. The lowest BCUT2D eigenvalue weighted by atomic mass is 9.80. The Morgan fingerprint density at radius 1 is 1.42 bits per heavy atom. The highest BCUT2D eigenvalue weighted by Crippen LogP contribution is 2.35. The van der Waals surface area contributed by atoms with Crippen LogP contribution in [-0.4, -0.2) is 29.2 Å². The molecule has 0 unspecified atom stereocenters. The van der Waals surface area contributed by atoms with Crippen molar-refractivity contribution < 1.29 is 17.9 Å². The van der Waals surface area contributed by atoms with Crippen LogP contribution in [0.4, 0.5) is 24.9 Å². The Morgan fingerprint density at radius 3 is 2.58 bits per heavy atom. The largest absolute Gasteiger partial charge is 0.433 e. The molecule has 0 bridgehead atoms. The van der Waals surface area contributed by atoms with Crippen molar-refractivity contribution in [3.8, 4) is 0 Å². The third kappa shape index (κ3) is 3.06. The minimum atomic E-state index is -4.54. The highest BCUT2D eigenvalue weighted by atomic mass is 19.4. The van der Waals surface area contributed by atoms with E-state index in [1.165, 1.54) is 0 Å². The Bertz CT molecular complexity index is 454. The maximum Gasteiger partial charge on any atom is 0.433 e. The molecule has 3 N–H and O–H groups in total. The van der Waals surface area contributed by atoms with Gasteiger partial charge in [-0.15, -0.1) is 0 Å². The lowest BCUT2D eigenvalue weighted by Gasteiger charge is -2.40. The van der Waals surface area contributed by atoms with Gasteiger partial charge in [0.25, 0.3) is 0 Å². The van der Waals surface area contributed by atoms with Crippen LogP contribution in [0.25, 0.3) is 0 Å². The van der Waals surface area contributed by atoms with Crippen LogP contribution in [-0.2, 0) is 10.9 Å². The van der Waals surface area contributed by atoms with E-state index in [2.05, 4.69) is 15.3 Å². The summed E-state index contributed by atoms with van der Waals surface area (Å²) in [6.07, 6.45) is -1.73. The van der Waals surface area contributed by atoms with E-state index in [0.29, 0.717) is 6.54 Å². The summed E-state index contributed by atoms with van der Waals surface area (Å²) in [6, 6.07) is 0.846. The highest BCUT2D eigenvalue weighted by molar-refractivity contribution is 5.41. The van der Waals surface area contributed by atoms with Gasteiger partial charge in [-0.3, -0.25) is 0 Å². The number of nitrogen functional groups attached to an aromatic ring is 1. The molecule has 8 heteroatoms. The van der Waals surface area contributed by atoms with Crippen molar-refractivity contribution in [3.63, 3.8) is 0 Å². The monoisotopic (exact) mass is 276 g/mol. The zero-order valence-corrected chi connectivity index (χ0v) is 10.4. The van der Waals surface area contributed by atoms with Crippen LogP contribution in [0.1, 0.15) is 25.0 Å². The number of anilines is 2. The molecule has 1 heterocycles. The van der Waals surface area contributed by atoms with Crippen LogP contribution in [0.15, 0.2) is 6.07 Å². The Kier molecular flexibility index (Phi) is 3.53. The van der Waals surface area contributed by atoms with E-state index in [0.717, 1.165) is 25.3 Å². The SMILES string of the molecule is COC1(CNc2cc(C(F)(F)F)nc(N)n2)CCC1. The molecule has 0 aliphatic heterocycles. The van der Waals surface area contributed by atoms with E-state index in [1.54, 1.807) is 7.11 Å². The fourth-order valence-corrected chi connectivity index (χ4v) is 1.98. The van der Waals surface area contributed by atoms with E-state index < -0.39 is 17.8 Å². The first-order valence-electron chi connectivity index (χ1n) is 5.85. The molecule has 1 saturated carbocycles. The summed E-state index contributed by atoms with van der Waals surface area (Å²) in [5, 5.41) is 2.84. The quantitative estimate of drug-likeness (QED) is 0.880. The fourth-order valence-electron chi connectivity index (χ4n) is 1.98. The maximum atomic E-state index is 12.6. The van der Waals surface area contributed by atoms with Crippen LogP contribution in [0.5, 0.6) is 0 Å². The summed E-state index contributed by atoms with van der Waals surface area (Å²) >= 11 is 0. The van der Waals surface area contributed by atoms with Crippen molar-refractivity contribution in [2.45, 2.75) is 31.0 Å². The normalized spacial score (nSPS) is 17.9. The number of nitrogens with zero attached hydrogens (tertiary/aromatic N) is 2. The zero-order valence-electron chi connectivity index (χ0n) is 10.4. The van der Waals surface area contributed by atoms with E-state index in [9.17, 15) is 13.2 Å². The van der Waals surface area contributed by atoms with Crippen LogP contribution in [0.3, 0.4) is 0 Å². The number of halogens is 3. The smallest absolute Gasteiger partial charge is 0.376 e. The average molecular weight is 276 g/mol. The molecule has 0 atom stereocenters. The first kappa shape index (κ1) is 13.9. The minimum Gasteiger partial charge on any atom is -0.376 e. The summed E-state index contributed by atoms with van der Waals surface area (Å²) in [4.78, 5) is 6.92. The number of methoxy groups -OCH3 is 1. The van der Waals surface area contributed by atoms with Gasteiger partial charge in [0.15, 0.2) is 5.69 Å². The molecule has 1 fully saturated rings. The number of nitrogens with one attached hydrogen (secondary N) is 1. The number of nitrogens with two attached hydrogens (primary N) is 1. The maximum absolute atomic E-state index is 12.6. The van der Waals surface area contributed by atoms with Crippen molar-refractivity contribution >= 4 is 11.8 Å². The van der Waals surface area contributed by atoms with E-state index in [-0.39, 0.29) is 11.4 Å². The van der Waals surface area contributed by atoms with Gasteiger partial charge in [0.2, 0.25) is 5.95 Å². The summed E-state index contributed by atoms with van der Waals surface area (Å²) in [5.74, 6) is -0.347. The molecule has 2 rings (SSSR count). The van der Waals surface area contributed by atoms with Crippen molar-refractivity contribution in [1.82, 2.24) is 9.97 Å². The van der Waals surface area contributed by atoms with Gasteiger partial charge >= 0.3 is 6.18 Å². The van der Waals surface area contributed by atoms with Crippen molar-refractivity contribution in [1.29, 1.82) is 0 Å². The second-order valence-electron chi connectivity index (χ2n) is 4.59. The van der Waals surface area contributed by atoms with Gasteiger partial charge in [0.1, 0.15) is 5.82 Å². The molecular weight excluding hydrogens is 261 g/mol. The fraction of sp³-hybridized carbons (Fsp3) is 0.636. The molecule has 0 saturated heterocycles. The molecule has 1 aromatic heterocycles. The predicted molar refractivity (Wildman–Crippen MR) is 63.5 cm³/mol. The number of hydrogen-bond acceptors (Lipinski definition) is 5. The van der Waals surface area contributed by atoms with Gasteiger partial charge in [-0.1, -0.05) is 0 Å². The lowest BCUT2D eigenvalue weighted by Crippen LogP contribution is -2.45. The Hall–Kier alpha value is -1.57. The Morgan fingerprint density at radius 2 is 2.11 bits per heavy atom. The molecule has 1 aromatic rings. The van der Waals surface area contributed by atoms with Gasteiger partial charge in [0, 0.05) is 19.7 Å². The van der Waals surface area contributed by atoms with Crippen LogP contribution < -0.4 is 11.1 Å². The predicted octanol–water partition coefficient (Wildman–Crippen LogP) is 2.06. The Labute approximate surface area is 108 Å². The molecule has 106 valence electrons. The van der Waals surface area contributed by atoms with Crippen molar-refractivity contribution in [2.24, 2.45) is 0 Å². The van der Waals surface area contributed by atoms with Crippen LogP contribution in [0.2, 0.25) is 0 Å². The molecule has 0 amide bonds. The van der Waals surface area contributed by atoms with E-state index in [4.69, 9.17) is 10.5 Å². The summed E-state index contributed by atoms with van der Waals surface area (Å²) < 4.78 is 43.1. The third-order valence-corrected chi connectivity index (χ3v) is 3.32. The van der Waals surface area contributed by atoms with Crippen LogP contribution >= 0.6 is 0 Å². The lowest BCUT2D eigenvalue weighted by molar-refractivity contribution is -0.141. The van der Waals surface area contributed by atoms with E-state index >= 15 is 0 Å². The number of rotatable bonds is 4. The van der Waals surface area contributed by atoms with Gasteiger partial charge in [0.05, 0.1) is 5.60 Å². The molecule has 5 nitrogen and oxygen atoms in total. The third-order valence-electron chi connectivity index (χ3n) is 3.32. The number of ether oxygens (including phenoxy) is 1. The van der Waals surface area contributed by atoms with Gasteiger partial charge in [-0.25, -0.2) is 4.98 Å². The average Bonchev–Trinajstić information content (AvgIpc) is 2.26. The number of aromatic nitrogens is 2. The summed E-state index contributed by atoms with van der Waals surface area (Å²) in [5.41, 5.74) is 3.92. The molecule has 0 radical (unpaired) electrons. The first-order chi connectivity index (χ1) is 8.85. The van der Waals surface area contributed by atoms with Crippen molar-refractivity contribution in [2.75, 3.05) is 24.7 Å². The van der Waals surface area contributed by atoms with Gasteiger partial charge in [-0.2, -0.15) is 18.2 Å². The second-order valence-corrected chi connectivity index (χ2v) is 4.59. The first-order valence-corrected chi connectivity index (χ1v) is 5.85. The highest BCUT2D eigenvalue weighted by Gasteiger charge is 2.37. The van der Waals surface area contributed by atoms with Crippen molar-refractivity contribution in [3.05, 3.63) is 11.8 Å². The van der Waals surface area contributed by atoms with Gasteiger partial charge in [-0.05, 0) is 19.3 Å². The molecule has 0 spiro atoms. The number of alkyl halides is 3. The summed E-state index contributed by atoms with van der Waals surface area (Å²) in [6.45, 7) is 0.400. The molecule has 19 heavy (non-hydrogen) atoms. The second kappa shape index (κ2) is 4.84. The Balaban J connectivity index is 2.10. The molecule has 0 aromatic carbocycles. The molecule has 1 aliphatic rings. The zero-order chi connectivity index (χ0) is 14.1. The van der Waals surface area contributed by atoms with Crippen LogP contribution in [0, 0.1) is 0 Å². The van der Waals surface area contributed by atoms with E-state index in [1.807, 2.05) is 0 Å². The molecule has 1 aliphatic carbocycles.